The number of ether oxygens (including phenoxy) is 1. The molecule has 7 heteroatoms. The van der Waals surface area contributed by atoms with E-state index in [9.17, 15) is 14.5 Å². The highest BCUT2D eigenvalue weighted by atomic mass is 35.5. The Hall–Kier alpha value is -2.34. The smallest absolute Gasteiger partial charge is 0.296 e. The lowest BCUT2D eigenvalue weighted by Gasteiger charge is -2.09. The van der Waals surface area contributed by atoms with E-state index < -0.39 is 10.7 Å². The first-order valence-electron chi connectivity index (χ1n) is 6.01. The summed E-state index contributed by atoms with van der Waals surface area (Å²) in [5, 5.41) is 14.2. The van der Waals surface area contributed by atoms with Crippen molar-refractivity contribution in [3.63, 3.8) is 0 Å². The number of hydrogen-bond acceptors (Lipinski definition) is 4. The molecule has 5 nitrogen and oxygen atoms in total. The average Bonchev–Trinajstić information content (AvgIpc) is 2.43. The number of nitrogens with zero attached hydrogens (tertiary/aromatic N) is 1. The summed E-state index contributed by atoms with van der Waals surface area (Å²) in [7, 11) is 1.43. The van der Waals surface area contributed by atoms with Gasteiger partial charge in [-0.15, -0.1) is 0 Å². The molecule has 0 saturated heterocycles. The lowest BCUT2D eigenvalue weighted by molar-refractivity contribution is -0.384. The van der Waals surface area contributed by atoms with Crippen molar-refractivity contribution in [2.24, 2.45) is 0 Å². The lowest BCUT2D eigenvalue weighted by atomic mass is 10.2. The summed E-state index contributed by atoms with van der Waals surface area (Å²) in [4.78, 5) is 10.5. The highest BCUT2D eigenvalue weighted by Crippen LogP contribution is 2.29. The zero-order chi connectivity index (χ0) is 15.4. The molecule has 0 radical (unpaired) electrons. The third kappa shape index (κ3) is 3.82. The van der Waals surface area contributed by atoms with Gasteiger partial charge in [0.2, 0.25) is 0 Å². The lowest BCUT2D eigenvalue weighted by Crippen LogP contribution is -2.03. The number of nitrogens with one attached hydrogen (secondary N) is 1. The fourth-order valence-electron chi connectivity index (χ4n) is 1.85. The van der Waals surface area contributed by atoms with Gasteiger partial charge in [-0.25, -0.2) is 4.39 Å². The van der Waals surface area contributed by atoms with Crippen LogP contribution in [0, 0.1) is 15.9 Å². The monoisotopic (exact) mass is 310 g/mol. The fourth-order valence-corrected chi connectivity index (χ4v) is 2.09. The predicted octanol–water partition coefficient (Wildman–Crippen LogP) is 4.01. The number of benzene rings is 2. The van der Waals surface area contributed by atoms with E-state index in [4.69, 9.17) is 16.3 Å². The van der Waals surface area contributed by atoms with E-state index in [0.29, 0.717) is 17.0 Å². The average molecular weight is 311 g/mol. The topological polar surface area (TPSA) is 64.4 Å². The Morgan fingerprint density at radius 3 is 2.71 bits per heavy atom. The van der Waals surface area contributed by atoms with Gasteiger partial charge in [-0.05, 0) is 35.9 Å². The first kappa shape index (κ1) is 15.1. The molecule has 0 bridgehead atoms. The van der Waals surface area contributed by atoms with Gasteiger partial charge in [0.05, 0.1) is 18.1 Å². The summed E-state index contributed by atoms with van der Waals surface area (Å²) >= 11 is 5.76. The molecule has 0 heterocycles. The van der Waals surface area contributed by atoms with Crippen LogP contribution in [-0.4, -0.2) is 12.0 Å². The summed E-state index contributed by atoms with van der Waals surface area (Å²) in [6.45, 7) is 0.213. The van der Waals surface area contributed by atoms with Crippen LogP contribution in [0.1, 0.15) is 5.56 Å². The summed E-state index contributed by atoms with van der Waals surface area (Å²) in [6, 6.07) is 8.56. The van der Waals surface area contributed by atoms with E-state index in [1.807, 2.05) is 0 Å². The number of hydrogen-bond donors (Lipinski definition) is 1. The Morgan fingerprint density at radius 2 is 2.10 bits per heavy atom. The molecule has 110 valence electrons. The fraction of sp³-hybridized carbons (Fsp3) is 0.143. The number of rotatable bonds is 5. The first-order valence-corrected chi connectivity index (χ1v) is 6.38. The van der Waals surface area contributed by atoms with Crippen LogP contribution < -0.4 is 10.1 Å². The van der Waals surface area contributed by atoms with E-state index in [2.05, 4.69) is 5.32 Å². The van der Waals surface area contributed by atoms with Gasteiger partial charge in [0.25, 0.3) is 5.69 Å². The standard InChI is InChI=1S/C14H12ClFN2O3/c1-21-12-2-3-13(14(7-12)18(19)20)17-8-9-4-10(15)6-11(16)5-9/h2-7,17H,8H2,1H3. The largest absolute Gasteiger partial charge is 0.496 e. The number of nitro benzene ring substituents is 1. The quantitative estimate of drug-likeness (QED) is 0.669. The first-order chi connectivity index (χ1) is 9.99. The Bertz CT molecular complexity index is 659. The van der Waals surface area contributed by atoms with Crippen molar-refractivity contribution in [2.45, 2.75) is 6.54 Å². The number of nitro groups is 1. The normalized spacial score (nSPS) is 10.2. The van der Waals surface area contributed by atoms with E-state index in [0.717, 1.165) is 0 Å². The van der Waals surface area contributed by atoms with Crippen LogP contribution in [0.2, 0.25) is 5.02 Å². The summed E-state index contributed by atoms with van der Waals surface area (Å²) in [5.74, 6) is -0.0652. The second-order valence-electron chi connectivity index (χ2n) is 4.27. The Morgan fingerprint density at radius 1 is 1.33 bits per heavy atom. The van der Waals surface area contributed by atoms with E-state index in [1.54, 1.807) is 12.1 Å². The van der Waals surface area contributed by atoms with Crippen LogP contribution in [0.3, 0.4) is 0 Å². The van der Waals surface area contributed by atoms with Crippen LogP contribution >= 0.6 is 11.6 Å². The maximum Gasteiger partial charge on any atom is 0.296 e. The van der Waals surface area contributed by atoms with Crippen molar-refractivity contribution in [1.29, 1.82) is 0 Å². The summed E-state index contributed by atoms with van der Waals surface area (Å²) < 4.78 is 18.2. The van der Waals surface area contributed by atoms with Crippen molar-refractivity contribution in [2.75, 3.05) is 12.4 Å². The summed E-state index contributed by atoms with van der Waals surface area (Å²) in [6.07, 6.45) is 0. The molecule has 0 fully saturated rings. The van der Waals surface area contributed by atoms with Crippen molar-refractivity contribution in [1.82, 2.24) is 0 Å². The number of halogens is 2. The predicted molar refractivity (Wildman–Crippen MR) is 78.4 cm³/mol. The molecule has 2 aromatic rings. The van der Waals surface area contributed by atoms with Crippen molar-refractivity contribution >= 4 is 23.0 Å². The SMILES string of the molecule is COc1ccc(NCc2cc(F)cc(Cl)c2)c([N+](=O)[O-])c1. The van der Waals surface area contributed by atoms with E-state index in [-0.39, 0.29) is 17.3 Å². The minimum absolute atomic E-state index is 0.114. The second-order valence-corrected chi connectivity index (χ2v) is 4.71. The highest BCUT2D eigenvalue weighted by Gasteiger charge is 2.15. The molecule has 0 aliphatic heterocycles. The summed E-state index contributed by atoms with van der Waals surface area (Å²) in [5.41, 5.74) is 0.795. The molecule has 0 aromatic heterocycles. The van der Waals surface area contributed by atoms with E-state index >= 15 is 0 Å². The molecule has 1 N–H and O–H groups in total. The Kier molecular flexibility index (Phi) is 4.59. The third-order valence-electron chi connectivity index (χ3n) is 2.81. The van der Waals surface area contributed by atoms with Gasteiger partial charge in [0.15, 0.2) is 0 Å². The molecule has 2 aromatic carbocycles. The molecule has 0 unspecified atom stereocenters. The molecule has 0 saturated carbocycles. The van der Waals surface area contributed by atoms with Crippen LogP contribution in [-0.2, 0) is 6.54 Å². The zero-order valence-corrected chi connectivity index (χ0v) is 11.9. The van der Waals surface area contributed by atoms with Gasteiger partial charge >= 0.3 is 0 Å². The molecule has 0 aliphatic rings. The molecule has 0 atom stereocenters. The molecule has 2 rings (SSSR count). The number of methoxy groups -OCH3 is 1. The Balaban J connectivity index is 2.21. The van der Waals surface area contributed by atoms with Crippen molar-refractivity contribution in [3.05, 3.63) is 62.9 Å². The van der Waals surface area contributed by atoms with Crippen LogP contribution in [0.25, 0.3) is 0 Å². The minimum Gasteiger partial charge on any atom is -0.496 e. The van der Waals surface area contributed by atoms with Crippen molar-refractivity contribution < 1.29 is 14.1 Å². The molecular formula is C14H12ClFN2O3. The highest BCUT2D eigenvalue weighted by molar-refractivity contribution is 6.30. The molecule has 0 amide bonds. The van der Waals surface area contributed by atoms with Crippen LogP contribution in [0.15, 0.2) is 36.4 Å². The second kappa shape index (κ2) is 6.41. The van der Waals surface area contributed by atoms with Gasteiger partial charge in [-0.1, -0.05) is 11.6 Å². The molecule has 21 heavy (non-hydrogen) atoms. The third-order valence-corrected chi connectivity index (χ3v) is 3.03. The zero-order valence-electron chi connectivity index (χ0n) is 11.1. The molecular weight excluding hydrogens is 299 g/mol. The van der Waals surface area contributed by atoms with Gasteiger partial charge in [-0.2, -0.15) is 0 Å². The van der Waals surface area contributed by atoms with Crippen LogP contribution in [0.5, 0.6) is 5.75 Å². The van der Waals surface area contributed by atoms with Gasteiger partial charge < -0.3 is 10.1 Å². The van der Waals surface area contributed by atoms with Crippen LogP contribution in [0.4, 0.5) is 15.8 Å². The van der Waals surface area contributed by atoms with E-state index in [1.165, 1.54) is 31.4 Å². The minimum atomic E-state index is -0.511. The van der Waals surface area contributed by atoms with Crippen molar-refractivity contribution in [3.8, 4) is 5.75 Å². The number of anilines is 1. The van der Waals surface area contributed by atoms with Gasteiger partial charge in [0.1, 0.15) is 17.3 Å². The Labute approximate surface area is 125 Å². The maximum absolute atomic E-state index is 13.2. The van der Waals surface area contributed by atoms with Gasteiger partial charge in [0, 0.05) is 11.6 Å². The van der Waals surface area contributed by atoms with Gasteiger partial charge in [-0.3, -0.25) is 10.1 Å². The maximum atomic E-state index is 13.2. The molecule has 0 aliphatic carbocycles. The molecule has 0 spiro atoms.